The van der Waals surface area contributed by atoms with Gasteiger partial charge in [0.15, 0.2) is 0 Å². The van der Waals surface area contributed by atoms with Gasteiger partial charge in [0.05, 0.1) is 0 Å². The molecule has 0 aromatic rings. The molecule has 1 N–H and O–H groups in total. The molecule has 0 rings (SSSR count). The van der Waals surface area contributed by atoms with Gasteiger partial charge in [0.2, 0.25) is 0 Å². The summed E-state index contributed by atoms with van der Waals surface area (Å²) in [6, 6.07) is 0. The molecule has 0 aliphatic heterocycles. The van der Waals surface area contributed by atoms with E-state index in [1.165, 1.54) is 0 Å². The zero-order valence-electron chi connectivity index (χ0n) is 4.68. The van der Waals surface area contributed by atoms with Crippen molar-refractivity contribution in [2.24, 2.45) is 0 Å². The van der Waals surface area contributed by atoms with Gasteiger partial charge in [0.1, 0.15) is 10.7 Å². The summed E-state index contributed by atoms with van der Waals surface area (Å²) in [5, 5.41) is 9.90. The van der Waals surface area contributed by atoms with Crippen molar-refractivity contribution in [3.05, 3.63) is 0 Å². The smallest absolute Gasteiger partial charge is 0.220 e. The predicted octanol–water partition coefficient (Wildman–Crippen LogP) is 2.16. The number of alkyl halides is 3. The molecule has 0 bridgehead atoms. The van der Waals surface area contributed by atoms with Gasteiger partial charge < -0.3 is 0 Å². The molecule has 0 aromatic heterocycles. The molecule has 0 radical (unpaired) electrons. The van der Waals surface area contributed by atoms with E-state index >= 15 is 0 Å². The number of rotatable bonds is 2. The normalized spacial score (nSPS) is 21.8. The van der Waals surface area contributed by atoms with Crippen molar-refractivity contribution in [2.75, 3.05) is 6.26 Å². The van der Waals surface area contributed by atoms with Crippen LogP contribution in [0.15, 0.2) is 0 Å². The molecular weight excluding hydrogens is 180 g/mol. The highest BCUT2D eigenvalue weighted by molar-refractivity contribution is 8.25. The quantitative estimate of drug-likeness (QED) is 0.406. The van der Waals surface area contributed by atoms with Gasteiger partial charge in [-0.25, -0.2) is 5.26 Å². The Kier molecular flexibility index (Phi) is 2.89. The Morgan fingerprint density at radius 3 is 1.90 bits per heavy atom. The third-order valence-corrected chi connectivity index (χ3v) is 1.71. The molecule has 64 valence electrons. The first-order chi connectivity index (χ1) is 4.31. The Morgan fingerprint density at radius 2 is 1.80 bits per heavy atom. The molecule has 3 nitrogen and oxygen atoms in total. The molecule has 0 saturated carbocycles. The van der Waals surface area contributed by atoms with E-state index in [0.717, 1.165) is 0 Å². The molecular formula is C2H4F4O3S. The van der Waals surface area contributed by atoms with Crippen LogP contribution < -0.4 is 0 Å². The first-order valence-corrected chi connectivity index (χ1v) is 3.72. The fraction of sp³-hybridized carbons (Fsp3) is 1.00. The summed E-state index contributed by atoms with van der Waals surface area (Å²) in [5.41, 5.74) is -5.14. The van der Waals surface area contributed by atoms with Crippen molar-refractivity contribution in [3.63, 3.8) is 0 Å². The summed E-state index contributed by atoms with van der Waals surface area (Å²) in [7, 11) is -4.82. The molecule has 0 heterocycles. The average molecular weight is 184 g/mol. The second-order valence-electron chi connectivity index (χ2n) is 1.34. The molecule has 0 amide bonds. The Bertz CT molecular complexity index is 112. The van der Waals surface area contributed by atoms with Crippen molar-refractivity contribution >= 4 is 10.7 Å². The molecule has 0 saturated heterocycles. The lowest BCUT2D eigenvalue weighted by Gasteiger charge is -2.23. The van der Waals surface area contributed by atoms with Gasteiger partial charge in [-0.2, -0.15) is 17.1 Å². The lowest BCUT2D eigenvalue weighted by Crippen LogP contribution is -2.17. The highest BCUT2D eigenvalue weighted by Crippen LogP contribution is 2.61. The molecule has 8 heteroatoms. The van der Waals surface area contributed by atoms with Gasteiger partial charge in [0.25, 0.3) is 0 Å². The zero-order valence-corrected chi connectivity index (χ0v) is 5.50. The number of hydrogen-bond acceptors (Lipinski definition) is 3. The van der Waals surface area contributed by atoms with Crippen molar-refractivity contribution in [3.8, 4) is 0 Å². The monoisotopic (exact) mass is 184 g/mol. The van der Waals surface area contributed by atoms with E-state index in [2.05, 4.69) is 9.37 Å². The second-order valence-corrected chi connectivity index (χ2v) is 3.43. The van der Waals surface area contributed by atoms with Gasteiger partial charge in [0, 0.05) is 6.26 Å². The molecule has 0 fully saturated rings. The van der Waals surface area contributed by atoms with Gasteiger partial charge in [-0.3, -0.25) is 0 Å². The number of halogens is 4. The van der Waals surface area contributed by atoms with Crippen molar-refractivity contribution in [1.82, 2.24) is 0 Å². The SMILES string of the molecule is CS(F)(OOO)C(F)(F)F. The summed E-state index contributed by atoms with van der Waals surface area (Å²) in [5.74, 6) is 0. The molecule has 0 aliphatic rings. The minimum absolute atomic E-state index is 0.142. The maximum atomic E-state index is 12.0. The summed E-state index contributed by atoms with van der Waals surface area (Å²) in [6.45, 7) is 0. The van der Waals surface area contributed by atoms with E-state index in [1.54, 1.807) is 0 Å². The van der Waals surface area contributed by atoms with Crippen LogP contribution in [-0.2, 0) is 9.37 Å². The van der Waals surface area contributed by atoms with Crippen LogP contribution in [-0.4, -0.2) is 17.0 Å². The highest BCUT2D eigenvalue weighted by atomic mass is 32.3. The maximum absolute atomic E-state index is 12.0. The third kappa shape index (κ3) is 2.29. The second kappa shape index (κ2) is 2.91. The van der Waals surface area contributed by atoms with Gasteiger partial charge in [-0.05, 0) is 0 Å². The van der Waals surface area contributed by atoms with Gasteiger partial charge in [-0.15, -0.1) is 4.33 Å². The van der Waals surface area contributed by atoms with Crippen molar-refractivity contribution in [1.29, 1.82) is 0 Å². The summed E-state index contributed by atoms with van der Waals surface area (Å²) >= 11 is 0. The Labute approximate surface area is 55.2 Å². The van der Waals surface area contributed by atoms with Gasteiger partial charge in [-0.1, -0.05) is 5.04 Å². The van der Waals surface area contributed by atoms with Crippen LogP contribution >= 0.6 is 10.7 Å². The minimum atomic E-state index is -5.14. The van der Waals surface area contributed by atoms with Crippen LogP contribution in [0.5, 0.6) is 0 Å². The largest absolute Gasteiger partial charge is 0.476 e. The topological polar surface area (TPSA) is 38.7 Å². The van der Waals surface area contributed by atoms with Crippen LogP contribution in [0.4, 0.5) is 17.1 Å². The fourth-order valence-corrected chi connectivity index (χ4v) is 0.287. The lowest BCUT2D eigenvalue weighted by atomic mass is 11.6. The van der Waals surface area contributed by atoms with E-state index in [0.29, 0.717) is 0 Å². The Balaban J connectivity index is 4.10. The summed E-state index contributed by atoms with van der Waals surface area (Å²) in [6.07, 6.45) is 0.142. The molecule has 1 atom stereocenters. The standard InChI is InChI=1S/C2H4F4O3S/c1-10(6,9-8-7)2(3,4)5/h7H,1H3. The van der Waals surface area contributed by atoms with E-state index < -0.39 is 16.2 Å². The van der Waals surface area contributed by atoms with E-state index in [9.17, 15) is 17.1 Å². The van der Waals surface area contributed by atoms with Crippen molar-refractivity contribution in [2.45, 2.75) is 5.51 Å². The maximum Gasteiger partial charge on any atom is 0.476 e. The Morgan fingerprint density at radius 1 is 1.40 bits per heavy atom. The van der Waals surface area contributed by atoms with Crippen molar-refractivity contribution < 1.29 is 31.7 Å². The summed E-state index contributed by atoms with van der Waals surface area (Å²) < 4.78 is 49.1. The zero-order chi connectivity index (χ0) is 8.41. The molecule has 0 aromatic carbocycles. The molecule has 1 unspecified atom stereocenters. The average Bonchev–Trinajstić information content (AvgIpc) is 1.61. The van der Waals surface area contributed by atoms with Crippen LogP contribution in [0, 0.1) is 0 Å². The molecule has 10 heavy (non-hydrogen) atoms. The van der Waals surface area contributed by atoms with Crippen LogP contribution in [0.25, 0.3) is 0 Å². The van der Waals surface area contributed by atoms with E-state index in [-0.39, 0.29) is 6.26 Å². The van der Waals surface area contributed by atoms with E-state index in [4.69, 9.17) is 5.26 Å². The Hall–Kier alpha value is -0.0500. The first kappa shape index (κ1) is 9.95. The third-order valence-electron chi connectivity index (χ3n) is 0.572. The van der Waals surface area contributed by atoms with Crippen LogP contribution in [0.1, 0.15) is 0 Å². The minimum Gasteiger partial charge on any atom is -0.220 e. The summed E-state index contributed by atoms with van der Waals surface area (Å²) in [4.78, 5) is 0. The number of hydrogen-bond donors (Lipinski definition) is 1. The highest BCUT2D eigenvalue weighted by Gasteiger charge is 2.51. The fourth-order valence-electron chi connectivity index (χ4n) is 0.0957. The van der Waals surface area contributed by atoms with Crippen LogP contribution in [0.3, 0.4) is 0 Å². The molecule has 0 aliphatic carbocycles. The first-order valence-electron chi connectivity index (χ1n) is 1.85. The molecule has 0 spiro atoms. The van der Waals surface area contributed by atoms with Gasteiger partial charge >= 0.3 is 5.51 Å². The van der Waals surface area contributed by atoms with Crippen LogP contribution in [0.2, 0.25) is 0 Å². The van der Waals surface area contributed by atoms with E-state index in [1.807, 2.05) is 0 Å². The predicted molar refractivity (Wildman–Crippen MR) is 25.5 cm³/mol. The lowest BCUT2D eigenvalue weighted by molar-refractivity contribution is -0.439.